The summed E-state index contributed by atoms with van der Waals surface area (Å²) >= 11 is 1.79. The van der Waals surface area contributed by atoms with Crippen LogP contribution in [0.3, 0.4) is 0 Å². The van der Waals surface area contributed by atoms with Crippen LogP contribution in [0.5, 0.6) is 0 Å². The van der Waals surface area contributed by atoms with Gasteiger partial charge in [-0.15, -0.1) is 11.3 Å². The number of carbonyl (C=O) groups is 1. The lowest BCUT2D eigenvalue weighted by molar-refractivity contribution is -0.132. The monoisotopic (exact) mass is 286 g/mol. The summed E-state index contributed by atoms with van der Waals surface area (Å²) in [6.45, 7) is 1.55. The van der Waals surface area contributed by atoms with E-state index in [1.54, 1.807) is 11.3 Å². The van der Waals surface area contributed by atoms with Gasteiger partial charge >= 0.3 is 0 Å². The molecule has 2 heterocycles. The third kappa shape index (κ3) is 2.76. The molecule has 0 radical (unpaired) electrons. The van der Waals surface area contributed by atoms with Gasteiger partial charge in [0.05, 0.1) is 0 Å². The lowest BCUT2D eigenvalue weighted by atomic mass is 10.0. The zero-order chi connectivity index (χ0) is 13.9. The van der Waals surface area contributed by atoms with E-state index in [9.17, 15) is 4.79 Å². The maximum absolute atomic E-state index is 12.4. The van der Waals surface area contributed by atoms with Gasteiger partial charge in [-0.25, -0.2) is 0 Å². The second-order valence-corrected chi connectivity index (χ2v) is 6.16. The molecule has 104 valence electrons. The molecular formula is C16H18N2OS. The molecule has 1 unspecified atom stereocenters. The number of thiophene rings is 1. The van der Waals surface area contributed by atoms with Gasteiger partial charge in [-0.2, -0.15) is 0 Å². The summed E-state index contributed by atoms with van der Waals surface area (Å²) in [5, 5.41) is 2.11. The van der Waals surface area contributed by atoms with Crippen LogP contribution in [-0.2, 0) is 17.8 Å². The Kier molecular flexibility index (Phi) is 3.85. The lowest BCUT2D eigenvalue weighted by Crippen LogP contribution is -2.36. The zero-order valence-electron chi connectivity index (χ0n) is 11.3. The Morgan fingerprint density at radius 1 is 1.30 bits per heavy atom. The van der Waals surface area contributed by atoms with Crippen molar-refractivity contribution in [2.24, 2.45) is 5.73 Å². The molecule has 0 spiro atoms. The Morgan fingerprint density at radius 3 is 2.90 bits per heavy atom. The molecular weight excluding hydrogens is 268 g/mol. The average Bonchev–Trinajstić information content (AvgIpc) is 2.95. The van der Waals surface area contributed by atoms with E-state index in [2.05, 4.69) is 11.4 Å². The van der Waals surface area contributed by atoms with Gasteiger partial charge in [-0.1, -0.05) is 30.3 Å². The van der Waals surface area contributed by atoms with Crippen LogP contribution in [0, 0.1) is 0 Å². The quantitative estimate of drug-likeness (QED) is 0.943. The molecule has 0 saturated heterocycles. The van der Waals surface area contributed by atoms with E-state index in [1.807, 2.05) is 35.2 Å². The number of carbonyl (C=O) groups excluding carboxylic acids is 1. The summed E-state index contributed by atoms with van der Waals surface area (Å²) in [6.07, 6.45) is 1.35. The van der Waals surface area contributed by atoms with Crippen molar-refractivity contribution in [3.63, 3.8) is 0 Å². The van der Waals surface area contributed by atoms with Crippen molar-refractivity contribution in [2.45, 2.75) is 25.4 Å². The van der Waals surface area contributed by atoms with Crippen LogP contribution >= 0.6 is 11.3 Å². The molecule has 1 atom stereocenters. The van der Waals surface area contributed by atoms with Crippen molar-refractivity contribution >= 4 is 17.2 Å². The Hall–Kier alpha value is -1.65. The minimum atomic E-state index is -0.215. The van der Waals surface area contributed by atoms with Gasteiger partial charge in [0.2, 0.25) is 5.91 Å². The fourth-order valence-corrected chi connectivity index (χ4v) is 3.49. The van der Waals surface area contributed by atoms with Crippen molar-refractivity contribution in [1.82, 2.24) is 4.90 Å². The van der Waals surface area contributed by atoms with Crippen molar-refractivity contribution in [1.29, 1.82) is 0 Å². The molecule has 3 rings (SSSR count). The SMILES string of the molecule is NC(CC(=O)N1CCc2sccc2C1)c1ccccc1. The highest BCUT2D eigenvalue weighted by Crippen LogP contribution is 2.25. The van der Waals surface area contributed by atoms with Crippen molar-refractivity contribution < 1.29 is 4.79 Å². The Bertz CT molecular complexity index is 594. The number of amides is 1. The fourth-order valence-electron chi connectivity index (χ4n) is 2.60. The van der Waals surface area contributed by atoms with Gasteiger partial charge < -0.3 is 10.6 Å². The average molecular weight is 286 g/mol. The summed E-state index contributed by atoms with van der Waals surface area (Å²) in [7, 11) is 0. The first-order valence-corrected chi connectivity index (χ1v) is 7.75. The molecule has 0 saturated carbocycles. The van der Waals surface area contributed by atoms with Crippen LogP contribution in [0.1, 0.15) is 28.5 Å². The molecule has 1 amide bonds. The highest BCUT2D eigenvalue weighted by atomic mass is 32.1. The van der Waals surface area contributed by atoms with E-state index in [4.69, 9.17) is 5.73 Å². The second kappa shape index (κ2) is 5.77. The number of benzene rings is 1. The molecule has 1 aromatic heterocycles. The standard InChI is InChI=1S/C16H18N2OS/c17-14(12-4-2-1-3-5-12)10-16(19)18-8-6-15-13(11-18)7-9-20-15/h1-5,7,9,14H,6,8,10-11,17H2. The summed E-state index contributed by atoms with van der Waals surface area (Å²) in [5.41, 5.74) is 8.45. The molecule has 2 N–H and O–H groups in total. The molecule has 1 aromatic carbocycles. The first-order chi connectivity index (χ1) is 9.74. The first-order valence-electron chi connectivity index (χ1n) is 6.87. The van der Waals surface area contributed by atoms with E-state index >= 15 is 0 Å². The Balaban J connectivity index is 1.63. The lowest BCUT2D eigenvalue weighted by Gasteiger charge is -2.28. The summed E-state index contributed by atoms with van der Waals surface area (Å²) < 4.78 is 0. The largest absolute Gasteiger partial charge is 0.338 e. The van der Waals surface area contributed by atoms with Gasteiger partial charge in [0.1, 0.15) is 0 Å². The summed E-state index contributed by atoms with van der Waals surface area (Å²) in [5.74, 6) is 0.151. The number of fused-ring (bicyclic) bond motifs is 1. The third-order valence-corrected chi connectivity index (χ3v) is 4.81. The highest BCUT2D eigenvalue weighted by Gasteiger charge is 2.23. The van der Waals surface area contributed by atoms with Gasteiger partial charge in [0.25, 0.3) is 0 Å². The van der Waals surface area contributed by atoms with E-state index in [0.29, 0.717) is 6.42 Å². The third-order valence-electron chi connectivity index (χ3n) is 3.78. The van der Waals surface area contributed by atoms with Gasteiger partial charge in [0, 0.05) is 30.4 Å². The van der Waals surface area contributed by atoms with Gasteiger partial charge in [-0.3, -0.25) is 4.79 Å². The normalized spacial score (nSPS) is 15.8. The maximum atomic E-state index is 12.4. The minimum Gasteiger partial charge on any atom is -0.338 e. The van der Waals surface area contributed by atoms with Gasteiger partial charge in [-0.05, 0) is 29.0 Å². The number of hydrogen-bond donors (Lipinski definition) is 1. The van der Waals surface area contributed by atoms with Crippen LogP contribution in [0.4, 0.5) is 0 Å². The molecule has 20 heavy (non-hydrogen) atoms. The first kappa shape index (κ1) is 13.3. The van der Waals surface area contributed by atoms with Crippen molar-refractivity contribution in [3.05, 3.63) is 57.8 Å². The summed E-state index contributed by atoms with van der Waals surface area (Å²) in [4.78, 5) is 15.7. The van der Waals surface area contributed by atoms with E-state index in [-0.39, 0.29) is 11.9 Å². The molecule has 0 fully saturated rings. The molecule has 4 heteroatoms. The number of nitrogens with zero attached hydrogens (tertiary/aromatic N) is 1. The van der Waals surface area contributed by atoms with Crippen LogP contribution in [0.15, 0.2) is 41.8 Å². The fraction of sp³-hybridized carbons (Fsp3) is 0.312. The maximum Gasteiger partial charge on any atom is 0.224 e. The van der Waals surface area contributed by atoms with E-state index in [1.165, 1.54) is 10.4 Å². The molecule has 1 aliphatic rings. The zero-order valence-corrected chi connectivity index (χ0v) is 12.1. The summed E-state index contributed by atoms with van der Waals surface area (Å²) in [6, 6.07) is 11.7. The highest BCUT2D eigenvalue weighted by molar-refractivity contribution is 7.10. The number of hydrogen-bond acceptors (Lipinski definition) is 3. The Labute approximate surface area is 123 Å². The van der Waals surface area contributed by atoms with Crippen molar-refractivity contribution in [3.8, 4) is 0 Å². The van der Waals surface area contributed by atoms with Crippen LogP contribution in [0.2, 0.25) is 0 Å². The van der Waals surface area contributed by atoms with Gasteiger partial charge in [0.15, 0.2) is 0 Å². The number of rotatable bonds is 3. The molecule has 0 aliphatic carbocycles. The molecule has 0 bridgehead atoms. The predicted molar refractivity (Wildman–Crippen MR) is 81.4 cm³/mol. The van der Waals surface area contributed by atoms with Crippen LogP contribution in [0.25, 0.3) is 0 Å². The second-order valence-electron chi connectivity index (χ2n) is 5.16. The molecule has 1 aliphatic heterocycles. The molecule has 3 nitrogen and oxygen atoms in total. The number of nitrogens with two attached hydrogens (primary N) is 1. The van der Waals surface area contributed by atoms with E-state index < -0.39 is 0 Å². The molecule has 2 aromatic rings. The van der Waals surface area contributed by atoms with Crippen molar-refractivity contribution in [2.75, 3.05) is 6.54 Å². The van der Waals surface area contributed by atoms with E-state index in [0.717, 1.165) is 25.1 Å². The van der Waals surface area contributed by atoms with Crippen LogP contribution in [-0.4, -0.2) is 17.4 Å². The smallest absolute Gasteiger partial charge is 0.224 e. The van der Waals surface area contributed by atoms with Crippen LogP contribution < -0.4 is 5.73 Å². The minimum absolute atomic E-state index is 0.151. The topological polar surface area (TPSA) is 46.3 Å². The Morgan fingerprint density at radius 2 is 2.10 bits per heavy atom. The predicted octanol–water partition coefficient (Wildman–Crippen LogP) is 2.72.